The molecule has 0 aliphatic carbocycles. The summed E-state index contributed by atoms with van der Waals surface area (Å²) in [5.74, 6) is 0. The Balaban J connectivity index is 2.77. The Morgan fingerprint density at radius 3 is 2.75 bits per heavy atom. The molecule has 6 heteroatoms. The zero-order valence-electron chi connectivity index (χ0n) is 9.53. The van der Waals surface area contributed by atoms with Crippen molar-refractivity contribution in [2.45, 2.75) is 44.2 Å². The van der Waals surface area contributed by atoms with Crippen molar-refractivity contribution in [2.75, 3.05) is 0 Å². The third-order valence-corrected chi connectivity index (χ3v) is 3.84. The minimum absolute atomic E-state index is 0.0810. The number of aliphatic hydroxyl groups excluding tert-OH is 1. The van der Waals surface area contributed by atoms with Gasteiger partial charge < -0.3 is 10.1 Å². The van der Waals surface area contributed by atoms with E-state index < -0.39 is 10.0 Å². The van der Waals surface area contributed by atoms with Gasteiger partial charge in [0.1, 0.15) is 0 Å². The molecule has 1 unspecified atom stereocenters. The molecule has 0 amide bonds. The van der Waals surface area contributed by atoms with Crippen molar-refractivity contribution in [1.82, 2.24) is 9.71 Å². The summed E-state index contributed by atoms with van der Waals surface area (Å²) in [6.45, 7) is 3.64. The van der Waals surface area contributed by atoms with Gasteiger partial charge in [0.05, 0.1) is 11.5 Å². The maximum Gasteiger partial charge on any atom is 0.242 e. The molecule has 1 rings (SSSR count). The third kappa shape index (κ3) is 3.33. The Bertz CT molecular complexity index is 425. The summed E-state index contributed by atoms with van der Waals surface area (Å²) in [5.41, 5.74) is 0.489. The number of hydrogen-bond donors (Lipinski definition) is 3. The molecule has 1 aromatic rings. The summed E-state index contributed by atoms with van der Waals surface area (Å²) in [5, 5.41) is 8.84. The zero-order chi connectivity index (χ0) is 12.2. The van der Waals surface area contributed by atoms with Crippen molar-refractivity contribution >= 4 is 10.0 Å². The predicted octanol–water partition coefficient (Wildman–Crippen LogP) is 0.974. The van der Waals surface area contributed by atoms with Gasteiger partial charge in [0.2, 0.25) is 10.0 Å². The van der Waals surface area contributed by atoms with E-state index in [2.05, 4.69) is 9.71 Å². The minimum atomic E-state index is -3.46. The van der Waals surface area contributed by atoms with Crippen LogP contribution in [-0.2, 0) is 16.6 Å². The minimum Gasteiger partial charge on any atom is -0.390 e. The van der Waals surface area contributed by atoms with Crippen LogP contribution in [0.4, 0.5) is 0 Å². The number of rotatable bonds is 6. The molecule has 0 aromatic carbocycles. The summed E-state index contributed by atoms with van der Waals surface area (Å²) in [7, 11) is -3.46. The van der Waals surface area contributed by atoms with Crippen molar-refractivity contribution < 1.29 is 13.5 Å². The summed E-state index contributed by atoms with van der Waals surface area (Å²) < 4.78 is 26.2. The highest BCUT2D eigenvalue weighted by molar-refractivity contribution is 7.89. The van der Waals surface area contributed by atoms with Crippen LogP contribution in [0.25, 0.3) is 0 Å². The van der Waals surface area contributed by atoms with Crippen molar-refractivity contribution in [2.24, 2.45) is 0 Å². The van der Waals surface area contributed by atoms with E-state index in [1.165, 1.54) is 12.3 Å². The fraction of sp³-hybridized carbons (Fsp3) is 0.600. The molecule has 0 aliphatic heterocycles. The van der Waals surface area contributed by atoms with Gasteiger partial charge in [-0.3, -0.25) is 0 Å². The van der Waals surface area contributed by atoms with Crippen LogP contribution in [0.3, 0.4) is 0 Å². The first-order chi connectivity index (χ1) is 7.49. The largest absolute Gasteiger partial charge is 0.390 e. The van der Waals surface area contributed by atoms with Gasteiger partial charge in [0.25, 0.3) is 0 Å². The first kappa shape index (κ1) is 13.2. The molecule has 0 saturated carbocycles. The molecule has 0 radical (unpaired) electrons. The van der Waals surface area contributed by atoms with E-state index in [0.29, 0.717) is 5.69 Å². The number of aliphatic hydroxyl groups is 1. The second kappa shape index (κ2) is 5.47. The summed E-state index contributed by atoms with van der Waals surface area (Å²) >= 11 is 0. The predicted molar refractivity (Wildman–Crippen MR) is 61.4 cm³/mol. The van der Waals surface area contributed by atoms with Crippen molar-refractivity contribution in [3.63, 3.8) is 0 Å². The summed E-state index contributed by atoms with van der Waals surface area (Å²) in [6.07, 6.45) is 3.11. The molecule has 0 bridgehead atoms. The molecule has 0 fully saturated rings. The molecule has 0 spiro atoms. The quantitative estimate of drug-likeness (QED) is 0.699. The third-order valence-electron chi connectivity index (χ3n) is 2.27. The first-order valence-electron chi connectivity index (χ1n) is 5.30. The standard InChI is InChI=1S/C10H18N2O3S/c1-3-4-8(2)12-16(14,15)10-5-9(7-13)11-6-10/h5-6,8,11-13H,3-4,7H2,1-2H3. The van der Waals surface area contributed by atoms with Crippen LogP contribution in [-0.4, -0.2) is 24.6 Å². The van der Waals surface area contributed by atoms with Crippen LogP contribution < -0.4 is 4.72 Å². The van der Waals surface area contributed by atoms with Gasteiger partial charge in [-0.15, -0.1) is 0 Å². The van der Waals surface area contributed by atoms with Crippen molar-refractivity contribution in [1.29, 1.82) is 0 Å². The van der Waals surface area contributed by atoms with Gasteiger partial charge in [-0.05, 0) is 19.4 Å². The van der Waals surface area contributed by atoms with Gasteiger partial charge in [0.15, 0.2) is 0 Å². The van der Waals surface area contributed by atoms with E-state index in [4.69, 9.17) is 5.11 Å². The van der Waals surface area contributed by atoms with Gasteiger partial charge in [0, 0.05) is 17.9 Å². The number of hydrogen-bond acceptors (Lipinski definition) is 3. The SMILES string of the molecule is CCCC(C)NS(=O)(=O)c1c[nH]c(CO)c1. The average molecular weight is 246 g/mol. The Morgan fingerprint density at radius 1 is 1.56 bits per heavy atom. The highest BCUT2D eigenvalue weighted by Crippen LogP contribution is 2.12. The first-order valence-corrected chi connectivity index (χ1v) is 6.78. The monoisotopic (exact) mass is 246 g/mol. The van der Waals surface area contributed by atoms with Crippen LogP contribution in [0.2, 0.25) is 0 Å². The highest BCUT2D eigenvalue weighted by Gasteiger charge is 2.18. The van der Waals surface area contributed by atoms with Crippen molar-refractivity contribution in [3.8, 4) is 0 Å². The Kier molecular flexibility index (Phi) is 4.52. The Labute approximate surface area is 95.9 Å². The van der Waals surface area contributed by atoms with Gasteiger partial charge in [-0.2, -0.15) is 0 Å². The molecule has 16 heavy (non-hydrogen) atoms. The molecule has 92 valence electrons. The lowest BCUT2D eigenvalue weighted by Gasteiger charge is -2.11. The topological polar surface area (TPSA) is 82.2 Å². The fourth-order valence-electron chi connectivity index (χ4n) is 1.49. The van der Waals surface area contributed by atoms with Crippen LogP contribution in [0.1, 0.15) is 32.4 Å². The van der Waals surface area contributed by atoms with Crippen LogP contribution >= 0.6 is 0 Å². The van der Waals surface area contributed by atoms with Gasteiger partial charge in [-0.1, -0.05) is 13.3 Å². The molecule has 1 aromatic heterocycles. The summed E-state index contributed by atoms with van der Waals surface area (Å²) in [6, 6.07) is 1.35. The number of H-pyrrole nitrogens is 1. The molecule has 3 N–H and O–H groups in total. The zero-order valence-corrected chi connectivity index (χ0v) is 10.3. The highest BCUT2D eigenvalue weighted by atomic mass is 32.2. The maximum absolute atomic E-state index is 11.8. The molecule has 1 heterocycles. The number of nitrogens with one attached hydrogen (secondary N) is 2. The molecular formula is C10H18N2O3S. The van der Waals surface area contributed by atoms with E-state index in [9.17, 15) is 8.42 Å². The Morgan fingerprint density at radius 2 is 2.25 bits per heavy atom. The Hall–Kier alpha value is -0.850. The van der Waals surface area contributed by atoms with Gasteiger partial charge in [-0.25, -0.2) is 13.1 Å². The molecular weight excluding hydrogens is 228 g/mol. The van der Waals surface area contributed by atoms with E-state index >= 15 is 0 Å². The normalized spacial score (nSPS) is 13.9. The number of sulfonamides is 1. The molecule has 1 atom stereocenters. The number of aromatic nitrogens is 1. The van der Waals surface area contributed by atoms with Gasteiger partial charge >= 0.3 is 0 Å². The second-order valence-electron chi connectivity index (χ2n) is 3.83. The lowest BCUT2D eigenvalue weighted by atomic mass is 10.2. The maximum atomic E-state index is 11.8. The van der Waals surface area contributed by atoms with Crippen LogP contribution in [0, 0.1) is 0 Å². The molecule has 0 aliphatic rings. The number of aromatic amines is 1. The van der Waals surface area contributed by atoms with E-state index in [1.54, 1.807) is 0 Å². The van der Waals surface area contributed by atoms with E-state index in [-0.39, 0.29) is 17.5 Å². The van der Waals surface area contributed by atoms with E-state index in [1.807, 2.05) is 13.8 Å². The van der Waals surface area contributed by atoms with Crippen molar-refractivity contribution in [3.05, 3.63) is 18.0 Å². The molecule has 5 nitrogen and oxygen atoms in total. The van der Waals surface area contributed by atoms with Crippen LogP contribution in [0.15, 0.2) is 17.2 Å². The molecule has 0 saturated heterocycles. The second-order valence-corrected chi connectivity index (χ2v) is 5.54. The average Bonchev–Trinajstić information content (AvgIpc) is 2.65. The lowest BCUT2D eigenvalue weighted by Crippen LogP contribution is -2.32. The van der Waals surface area contributed by atoms with E-state index in [0.717, 1.165) is 12.8 Å². The smallest absolute Gasteiger partial charge is 0.242 e. The van der Waals surface area contributed by atoms with Crippen LogP contribution in [0.5, 0.6) is 0 Å². The lowest BCUT2D eigenvalue weighted by molar-refractivity contribution is 0.277. The summed E-state index contributed by atoms with van der Waals surface area (Å²) in [4.78, 5) is 2.86. The fourth-order valence-corrected chi connectivity index (χ4v) is 2.79.